The summed E-state index contributed by atoms with van der Waals surface area (Å²) in [6.07, 6.45) is 1.73. The lowest BCUT2D eigenvalue weighted by molar-refractivity contribution is 0.0745. The van der Waals surface area contributed by atoms with E-state index in [4.69, 9.17) is 4.98 Å². The van der Waals surface area contributed by atoms with Gasteiger partial charge in [-0.25, -0.2) is 23.1 Å². The zero-order chi connectivity index (χ0) is 23.0. The number of aromatic nitrogens is 2. The molecule has 1 N–H and O–H groups in total. The van der Waals surface area contributed by atoms with Crippen LogP contribution in [0.5, 0.6) is 0 Å². The topological polar surface area (TPSA) is 95.5 Å². The van der Waals surface area contributed by atoms with Crippen molar-refractivity contribution in [2.75, 3.05) is 31.1 Å². The summed E-state index contributed by atoms with van der Waals surface area (Å²) in [5.41, 5.74) is 2.15. The fraction of sp³-hybridized carbons (Fsp3) is 0.522. The summed E-state index contributed by atoms with van der Waals surface area (Å²) in [6.45, 7) is 10.4. The van der Waals surface area contributed by atoms with Gasteiger partial charge >= 0.3 is 0 Å². The van der Waals surface area contributed by atoms with Crippen LogP contribution in [0.1, 0.15) is 60.0 Å². The Balaban J connectivity index is 1.47. The molecule has 1 saturated heterocycles. The lowest BCUT2D eigenvalue weighted by atomic mass is 10.1. The van der Waals surface area contributed by atoms with Gasteiger partial charge in [-0.3, -0.25) is 4.79 Å². The molecule has 1 saturated carbocycles. The third-order valence-corrected chi connectivity index (χ3v) is 7.43. The maximum absolute atomic E-state index is 13.2. The van der Waals surface area contributed by atoms with Crippen LogP contribution in [0.2, 0.25) is 0 Å². The lowest BCUT2D eigenvalue weighted by Gasteiger charge is -2.36. The van der Waals surface area contributed by atoms with E-state index in [0.717, 1.165) is 35.7 Å². The summed E-state index contributed by atoms with van der Waals surface area (Å²) >= 11 is 0. The summed E-state index contributed by atoms with van der Waals surface area (Å²) < 4.78 is 27.9. The number of benzene rings is 1. The molecule has 172 valence electrons. The molecular formula is C23H31N5O3S. The molecule has 1 aromatic carbocycles. The molecule has 1 aliphatic carbocycles. The molecule has 1 amide bonds. The SMILES string of the molecule is Cc1cc(N2CCN(C(=O)c3cc(S(=O)(=O)NC4CC4)ccc3C)CC2)nc(C(C)C)n1. The average molecular weight is 458 g/mol. The van der Waals surface area contributed by atoms with Gasteiger partial charge in [-0.1, -0.05) is 19.9 Å². The van der Waals surface area contributed by atoms with Gasteiger partial charge in [0.05, 0.1) is 4.90 Å². The first-order valence-corrected chi connectivity index (χ1v) is 12.6. The predicted molar refractivity (Wildman–Crippen MR) is 123 cm³/mol. The van der Waals surface area contributed by atoms with E-state index in [1.807, 2.05) is 19.9 Å². The molecule has 0 radical (unpaired) electrons. The predicted octanol–water partition coefficient (Wildman–Crippen LogP) is 2.62. The fourth-order valence-corrected chi connectivity index (χ4v) is 5.12. The standard InChI is InChI=1S/C23H31N5O3S/c1-15(2)22-24-17(4)13-21(25-22)27-9-11-28(12-10-27)23(29)20-14-19(8-5-16(20)3)32(30,31)26-18-6-7-18/h5,8,13-15,18,26H,6-7,9-12H2,1-4H3. The van der Waals surface area contributed by atoms with Gasteiger partial charge in [0.1, 0.15) is 11.6 Å². The van der Waals surface area contributed by atoms with E-state index < -0.39 is 10.0 Å². The number of carbonyl (C=O) groups excluding carboxylic acids is 1. The van der Waals surface area contributed by atoms with Crippen molar-refractivity contribution in [3.05, 3.63) is 46.9 Å². The van der Waals surface area contributed by atoms with Crippen molar-refractivity contribution >= 4 is 21.7 Å². The second-order valence-electron chi connectivity index (χ2n) is 9.03. The van der Waals surface area contributed by atoms with E-state index in [9.17, 15) is 13.2 Å². The number of carbonyl (C=O) groups is 1. The summed E-state index contributed by atoms with van der Waals surface area (Å²) in [5.74, 6) is 1.83. The first kappa shape index (κ1) is 22.7. The molecule has 0 unspecified atom stereocenters. The fourth-order valence-electron chi connectivity index (χ4n) is 3.79. The highest BCUT2D eigenvalue weighted by atomic mass is 32.2. The maximum atomic E-state index is 13.2. The Hall–Kier alpha value is -2.52. The Morgan fingerprint density at radius 1 is 1.06 bits per heavy atom. The van der Waals surface area contributed by atoms with Gasteiger partial charge in [0.15, 0.2) is 0 Å². The second kappa shape index (κ2) is 8.78. The van der Waals surface area contributed by atoms with Crippen molar-refractivity contribution in [2.24, 2.45) is 0 Å². The van der Waals surface area contributed by atoms with Crippen molar-refractivity contribution in [1.29, 1.82) is 0 Å². The van der Waals surface area contributed by atoms with Gasteiger partial charge in [-0.2, -0.15) is 0 Å². The van der Waals surface area contributed by atoms with E-state index in [2.05, 4.69) is 28.5 Å². The molecule has 0 bridgehead atoms. The molecule has 9 heteroatoms. The zero-order valence-electron chi connectivity index (χ0n) is 19.1. The molecule has 2 heterocycles. The maximum Gasteiger partial charge on any atom is 0.254 e. The molecule has 8 nitrogen and oxygen atoms in total. The first-order chi connectivity index (χ1) is 15.1. The van der Waals surface area contributed by atoms with Crippen LogP contribution in [0, 0.1) is 13.8 Å². The van der Waals surface area contributed by atoms with Gasteiger partial charge in [0.2, 0.25) is 10.0 Å². The molecule has 1 aromatic heterocycles. The van der Waals surface area contributed by atoms with Crippen LogP contribution in [-0.4, -0.2) is 61.4 Å². The summed E-state index contributed by atoms with van der Waals surface area (Å²) in [6, 6.07) is 6.79. The highest BCUT2D eigenvalue weighted by molar-refractivity contribution is 7.89. The number of hydrogen-bond donors (Lipinski definition) is 1. The van der Waals surface area contributed by atoms with Gasteiger partial charge in [-0.15, -0.1) is 0 Å². The molecule has 0 spiro atoms. The van der Waals surface area contributed by atoms with Crippen molar-refractivity contribution in [3.63, 3.8) is 0 Å². The quantitative estimate of drug-likeness (QED) is 0.716. The Bertz CT molecular complexity index is 1120. The minimum Gasteiger partial charge on any atom is -0.353 e. The van der Waals surface area contributed by atoms with E-state index in [0.29, 0.717) is 31.7 Å². The zero-order valence-corrected chi connectivity index (χ0v) is 19.9. The Morgan fingerprint density at radius 3 is 2.38 bits per heavy atom. The average Bonchev–Trinajstić information content (AvgIpc) is 3.56. The highest BCUT2D eigenvalue weighted by Crippen LogP contribution is 2.24. The summed E-state index contributed by atoms with van der Waals surface area (Å²) in [7, 11) is -3.60. The number of sulfonamides is 1. The first-order valence-electron chi connectivity index (χ1n) is 11.2. The minimum atomic E-state index is -3.60. The van der Waals surface area contributed by atoms with Crippen LogP contribution in [0.25, 0.3) is 0 Å². The molecule has 2 aliphatic rings. The van der Waals surface area contributed by atoms with Crippen molar-refractivity contribution < 1.29 is 13.2 Å². The number of amides is 1. The highest BCUT2D eigenvalue weighted by Gasteiger charge is 2.30. The van der Waals surface area contributed by atoms with Crippen molar-refractivity contribution in [3.8, 4) is 0 Å². The van der Waals surface area contributed by atoms with Crippen LogP contribution in [0.15, 0.2) is 29.2 Å². The van der Waals surface area contributed by atoms with Gasteiger partial charge < -0.3 is 9.80 Å². The number of piperazine rings is 1. The molecular weight excluding hydrogens is 426 g/mol. The Labute approximate surface area is 190 Å². The molecule has 4 rings (SSSR count). The van der Waals surface area contributed by atoms with Crippen LogP contribution >= 0.6 is 0 Å². The number of rotatable bonds is 6. The lowest BCUT2D eigenvalue weighted by Crippen LogP contribution is -2.49. The van der Waals surface area contributed by atoms with Crippen LogP contribution in [0.3, 0.4) is 0 Å². The third kappa shape index (κ3) is 4.94. The number of anilines is 1. The molecule has 32 heavy (non-hydrogen) atoms. The number of hydrogen-bond acceptors (Lipinski definition) is 6. The monoisotopic (exact) mass is 457 g/mol. The van der Waals surface area contributed by atoms with Gasteiger partial charge in [0.25, 0.3) is 5.91 Å². The van der Waals surface area contributed by atoms with Gasteiger partial charge in [0, 0.05) is 55.5 Å². The normalized spacial score (nSPS) is 17.2. The van der Waals surface area contributed by atoms with E-state index >= 15 is 0 Å². The largest absolute Gasteiger partial charge is 0.353 e. The minimum absolute atomic E-state index is 0.0233. The van der Waals surface area contributed by atoms with Crippen molar-refractivity contribution in [1.82, 2.24) is 19.6 Å². The summed E-state index contributed by atoms with van der Waals surface area (Å²) in [5, 5.41) is 0. The molecule has 2 aromatic rings. The molecule has 0 atom stereocenters. The third-order valence-electron chi connectivity index (χ3n) is 5.91. The number of aryl methyl sites for hydroxylation is 2. The summed E-state index contributed by atoms with van der Waals surface area (Å²) in [4.78, 5) is 26.6. The van der Waals surface area contributed by atoms with Crippen LogP contribution in [0.4, 0.5) is 5.82 Å². The van der Waals surface area contributed by atoms with E-state index in [1.165, 1.54) is 6.07 Å². The number of nitrogens with one attached hydrogen (secondary N) is 1. The van der Waals surface area contributed by atoms with E-state index in [1.54, 1.807) is 17.0 Å². The van der Waals surface area contributed by atoms with Crippen molar-refractivity contribution in [2.45, 2.75) is 57.4 Å². The van der Waals surface area contributed by atoms with Crippen LogP contribution in [-0.2, 0) is 10.0 Å². The smallest absolute Gasteiger partial charge is 0.254 e. The molecule has 1 aliphatic heterocycles. The van der Waals surface area contributed by atoms with Gasteiger partial charge in [-0.05, 0) is 44.4 Å². The second-order valence-corrected chi connectivity index (χ2v) is 10.7. The van der Waals surface area contributed by atoms with Crippen LogP contribution < -0.4 is 9.62 Å². The molecule has 2 fully saturated rings. The van der Waals surface area contributed by atoms with E-state index in [-0.39, 0.29) is 22.8 Å². The number of nitrogens with zero attached hydrogens (tertiary/aromatic N) is 4. The Kier molecular flexibility index (Phi) is 6.22. The Morgan fingerprint density at radius 2 is 1.75 bits per heavy atom.